The molecular weight excluding hydrogens is 310 g/mol. The number of carbonyl (C=O) groups is 1. The van der Waals surface area contributed by atoms with Gasteiger partial charge in [-0.2, -0.15) is 0 Å². The highest BCUT2D eigenvalue weighted by Gasteiger charge is 2.24. The second-order valence-electron chi connectivity index (χ2n) is 8.20. The van der Waals surface area contributed by atoms with Crippen LogP contribution in [0.4, 0.5) is 0 Å². The summed E-state index contributed by atoms with van der Waals surface area (Å²) in [6, 6.07) is 12.5. The molecule has 2 aromatic rings. The average molecular weight is 339 g/mol. The Morgan fingerprint density at radius 1 is 1.24 bits per heavy atom. The molecule has 1 saturated heterocycles. The number of nitrogens with one attached hydrogen (secondary N) is 1. The molecule has 3 rings (SSSR count). The Kier molecular flexibility index (Phi) is 5.38. The first-order chi connectivity index (χ1) is 11.9. The minimum atomic E-state index is -0.316. The van der Waals surface area contributed by atoms with Crippen molar-refractivity contribution in [2.45, 2.75) is 40.2 Å². The number of aromatic nitrogens is 1. The van der Waals surface area contributed by atoms with E-state index in [2.05, 4.69) is 34.5 Å². The molecule has 0 bridgehead atoms. The smallest absolute Gasteiger partial charge is 0.225 e. The standard InChI is InChI=1S/C21H29N3O/c1-21(2,3)20(25)22-13-16-7-6-12-24(14-16)15-18-11-10-17-8-4-5-9-19(17)23-18/h4-5,8-11,16H,6-7,12-15H2,1-3H3,(H,22,25). The number of amides is 1. The van der Waals surface area contributed by atoms with E-state index in [9.17, 15) is 4.79 Å². The van der Waals surface area contributed by atoms with Gasteiger partial charge in [0.25, 0.3) is 0 Å². The summed E-state index contributed by atoms with van der Waals surface area (Å²) in [5, 5.41) is 4.31. The number of benzene rings is 1. The normalized spacial score (nSPS) is 19.1. The lowest BCUT2D eigenvalue weighted by molar-refractivity contribution is -0.128. The third kappa shape index (κ3) is 4.79. The van der Waals surface area contributed by atoms with Crippen molar-refractivity contribution in [2.24, 2.45) is 11.3 Å². The van der Waals surface area contributed by atoms with Crippen molar-refractivity contribution < 1.29 is 4.79 Å². The number of likely N-dealkylation sites (tertiary alicyclic amines) is 1. The Balaban J connectivity index is 1.56. The number of fused-ring (bicyclic) bond motifs is 1. The molecule has 0 saturated carbocycles. The van der Waals surface area contributed by atoms with E-state index in [1.54, 1.807) is 0 Å². The number of piperidine rings is 1. The van der Waals surface area contributed by atoms with Crippen molar-refractivity contribution in [3.8, 4) is 0 Å². The number of hydrogen-bond donors (Lipinski definition) is 1. The van der Waals surface area contributed by atoms with Crippen molar-refractivity contribution in [3.05, 3.63) is 42.1 Å². The molecule has 1 aromatic carbocycles. The van der Waals surface area contributed by atoms with Crippen molar-refractivity contribution in [3.63, 3.8) is 0 Å². The van der Waals surface area contributed by atoms with E-state index in [1.165, 1.54) is 18.2 Å². The maximum atomic E-state index is 12.1. The highest BCUT2D eigenvalue weighted by atomic mass is 16.2. The lowest BCUT2D eigenvalue weighted by Gasteiger charge is -2.33. The first-order valence-electron chi connectivity index (χ1n) is 9.27. The predicted molar refractivity (Wildman–Crippen MR) is 102 cm³/mol. The molecule has 0 spiro atoms. The van der Waals surface area contributed by atoms with E-state index in [-0.39, 0.29) is 11.3 Å². The van der Waals surface area contributed by atoms with Crippen LogP contribution in [0.25, 0.3) is 10.9 Å². The molecule has 0 aliphatic carbocycles. The first kappa shape index (κ1) is 17.9. The van der Waals surface area contributed by atoms with Crippen LogP contribution in [-0.2, 0) is 11.3 Å². The third-order valence-corrected chi connectivity index (χ3v) is 4.88. The number of hydrogen-bond acceptors (Lipinski definition) is 3. The quantitative estimate of drug-likeness (QED) is 0.925. The zero-order valence-corrected chi connectivity index (χ0v) is 15.6. The van der Waals surface area contributed by atoms with Gasteiger partial charge in [0, 0.05) is 30.4 Å². The fourth-order valence-corrected chi connectivity index (χ4v) is 3.39. The predicted octanol–water partition coefficient (Wildman–Crippen LogP) is 3.61. The maximum Gasteiger partial charge on any atom is 0.225 e. The molecule has 4 heteroatoms. The van der Waals surface area contributed by atoms with Gasteiger partial charge in [-0.1, -0.05) is 45.0 Å². The van der Waals surface area contributed by atoms with Gasteiger partial charge < -0.3 is 5.32 Å². The molecule has 4 nitrogen and oxygen atoms in total. The summed E-state index contributed by atoms with van der Waals surface area (Å²) in [5.74, 6) is 0.668. The summed E-state index contributed by atoms with van der Waals surface area (Å²) >= 11 is 0. The van der Waals surface area contributed by atoms with E-state index in [1.807, 2.05) is 32.9 Å². The summed E-state index contributed by atoms with van der Waals surface area (Å²) in [6.45, 7) is 9.67. The van der Waals surface area contributed by atoms with Crippen molar-refractivity contribution in [2.75, 3.05) is 19.6 Å². The number of rotatable bonds is 4. The molecule has 1 atom stereocenters. The SMILES string of the molecule is CC(C)(C)C(=O)NCC1CCCN(Cc2ccc3ccccc3n2)C1. The van der Waals surface area contributed by atoms with Crippen LogP contribution in [0.15, 0.2) is 36.4 Å². The molecule has 0 radical (unpaired) electrons. The molecular formula is C21H29N3O. The van der Waals surface area contributed by atoms with Crippen LogP contribution in [0.3, 0.4) is 0 Å². The molecule has 1 unspecified atom stereocenters. The van der Waals surface area contributed by atoms with Crippen LogP contribution in [0, 0.1) is 11.3 Å². The van der Waals surface area contributed by atoms with Gasteiger partial charge in [-0.05, 0) is 37.4 Å². The number of carbonyl (C=O) groups excluding carboxylic acids is 1. The van der Waals surface area contributed by atoms with Gasteiger partial charge in [-0.3, -0.25) is 14.7 Å². The Morgan fingerprint density at radius 3 is 2.84 bits per heavy atom. The average Bonchev–Trinajstić information content (AvgIpc) is 2.59. The third-order valence-electron chi connectivity index (χ3n) is 4.88. The van der Waals surface area contributed by atoms with Gasteiger partial charge in [-0.25, -0.2) is 0 Å². The van der Waals surface area contributed by atoms with E-state index >= 15 is 0 Å². The molecule has 1 aliphatic rings. The van der Waals surface area contributed by atoms with Crippen LogP contribution >= 0.6 is 0 Å². The highest BCUT2D eigenvalue weighted by Crippen LogP contribution is 2.20. The number of nitrogens with zero attached hydrogens (tertiary/aromatic N) is 2. The highest BCUT2D eigenvalue weighted by molar-refractivity contribution is 5.81. The van der Waals surface area contributed by atoms with Gasteiger partial charge in [0.05, 0.1) is 11.2 Å². The van der Waals surface area contributed by atoms with Crippen LogP contribution in [0.2, 0.25) is 0 Å². The van der Waals surface area contributed by atoms with E-state index in [4.69, 9.17) is 4.98 Å². The van der Waals surface area contributed by atoms with E-state index in [0.717, 1.165) is 37.4 Å². The topological polar surface area (TPSA) is 45.2 Å². The lowest BCUT2D eigenvalue weighted by atomic mass is 9.94. The Hall–Kier alpha value is -1.94. The van der Waals surface area contributed by atoms with Gasteiger partial charge in [0.1, 0.15) is 0 Å². The van der Waals surface area contributed by atoms with E-state index in [0.29, 0.717) is 5.92 Å². The Labute approximate surface area is 150 Å². The number of para-hydroxylation sites is 1. The van der Waals surface area contributed by atoms with Gasteiger partial charge in [0.2, 0.25) is 5.91 Å². The van der Waals surface area contributed by atoms with Crippen molar-refractivity contribution in [1.82, 2.24) is 15.2 Å². The zero-order valence-electron chi connectivity index (χ0n) is 15.6. The summed E-state index contributed by atoms with van der Waals surface area (Å²) in [7, 11) is 0. The van der Waals surface area contributed by atoms with Crippen LogP contribution in [0.5, 0.6) is 0 Å². The molecule has 1 fully saturated rings. The fraction of sp³-hybridized carbons (Fsp3) is 0.524. The molecule has 1 aromatic heterocycles. The van der Waals surface area contributed by atoms with E-state index < -0.39 is 0 Å². The summed E-state index contributed by atoms with van der Waals surface area (Å²) < 4.78 is 0. The monoisotopic (exact) mass is 339 g/mol. The van der Waals surface area contributed by atoms with Crippen molar-refractivity contribution >= 4 is 16.8 Å². The molecule has 1 aliphatic heterocycles. The molecule has 1 N–H and O–H groups in total. The van der Waals surface area contributed by atoms with Crippen LogP contribution < -0.4 is 5.32 Å². The fourth-order valence-electron chi connectivity index (χ4n) is 3.39. The molecule has 1 amide bonds. The van der Waals surface area contributed by atoms with Gasteiger partial charge in [-0.15, -0.1) is 0 Å². The zero-order chi connectivity index (χ0) is 17.9. The maximum absolute atomic E-state index is 12.1. The van der Waals surface area contributed by atoms with Gasteiger partial charge >= 0.3 is 0 Å². The van der Waals surface area contributed by atoms with Crippen LogP contribution in [0.1, 0.15) is 39.3 Å². The first-order valence-corrected chi connectivity index (χ1v) is 9.27. The Bertz CT molecular complexity index is 735. The number of pyridine rings is 1. The van der Waals surface area contributed by atoms with Crippen molar-refractivity contribution in [1.29, 1.82) is 0 Å². The van der Waals surface area contributed by atoms with Crippen LogP contribution in [-0.4, -0.2) is 35.4 Å². The second kappa shape index (κ2) is 7.52. The van der Waals surface area contributed by atoms with Gasteiger partial charge in [0.15, 0.2) is 0 Å². The summed E-state index contributed by atoms with van der Waals surface area (Å²) in [5.41, 5.74) is 1.87. The largest absolute Gasteiger partial charge is 0.355 e. The summed E-state index contributed by atoms with van der Waals surface area (Å²) in [6.07, 6.45) is 2.37. The second-order valence-corrected chi connectivity index (χ2v) is 8.20. The lowest BCUT2D eigenvalue weighted by Crippen LogP contribution is -2.43. The minimum absolute atomic E-state index is 0.140. The molecule has 25 heavy (non-hydrogen) atoms. The minimum Gasteiger partial charge on any atom is -0.355 e. The Morgan fingerprint density at radius 2 is 2.04 bits per heavy atom. The molecule has 134 valence electrons. The molecule has 2 heterocycles. The summed E-state index contributed by atoms with van der Waals surface area (Å²) in [4.78, 5) is 19.3.